The lowest BCUT2D eigenvalue weighted by molar-refractivity contribution is 0.412. The molecule has 0 spiro atoms. The molecule has 0 aliphatic carbocycles. The monoisotopic (exact) mass is 226 g/mol. The molecule has 0 amide bonds. The van der Waals surface area contributed by atoms with E-state index in [2.05, 4.69) is 25.1 Å². The minimum absolute atomic E-state index is 0.903. The summed E-state index contributed by atoms with van der Waals surface area (Å²) in [4.78, 5) is 0. The van der Waals surface area contributed by atoms with Crippen molar-refractivity contribution in [2.45, 2.75) is 13.8 Å². The number of fused-ring (bicyclic) bond motifs is 3. The lowest BCUT2D eigenvalue weighted by Crippen LogP contribution is -1.85. The van der Waals surface area contributed by atoms with Crippen molar-refractivity contribution in [3.05, 3.63) is 41.5 Å². The first-order valence-corrected chi connectivity index (χ1v) is 5.66. The Morgan fingerprint density at radius 1 is 0.941 bits per heavy atom. The van der Waals surface area contributed by atoms with E-state index in [9.17, 15) is 0 Å². The Hall–Kier alpha value is -1.96. The van der Waals surface area contributed by atoms with Crippen molar-refractivity contribution in [3.8, 4) is 5.75 Å². The molecule has 0 aliphatic heterocycles. The second-order valence-electron chi connectivity index (χ2n) is 4.42. The second-order valence-corrected chi connectivity index (χ2v) is 4.42. The molecule has 0 saturated heterocycles. The molecule has 0 aliphatic rings. The number of benzene rings is 2. The van der Waals surface area contributed by atoms with E-state index in [1.54, 1.807) is 7.11 Å². The van der Waals surface area contributed by atoms with Crippen LogP contribution in [0.4, 0.5) is 0 Å². The molecule has 2 aromatic carbocycles. The molecule has 2 heteroatoms. The third kappa shape index (κ3) is 1.48. The summed E-state index contributed by atoms with van der Waals surface area (Å²) in [5.41, 5.74) is 4.16. The van der Waals surface area contributed by atoms with Crippen LogP contribution in [0.15, 0.2) is 34.7 Å². The molecule has 17 heavy (non-hydrogen) atoms. The summed E-state index contributed by atoms with van der Waals surface area (Å²) in [7, 11) is 1.70. The van der Waals surface area contributed by atoms with Gasteiger partial charge in [0.1, 0.15) is 16.9 Å². The second kappa shape index (κ2) is 3.52. The molecule has 2 nitrogen and oxygen atoms in total. The zero-order valence-corrected chi connectivity index (χ0v) is 10.2. The van der Waals surface area contributed by atoms with E-state index in [-0.39, 0.29) is 0 Å². The summed E-state index contributed by atoms with van der Waals surface area (Å²) in [5, 5.41) is 2.26. The largest absolute Gasteiger partial charge is 0.496 e. The first-order valence-electron chi connectivity index (χ1n) is 5.66. The van der Waals surface area contributed by atoms with Crippen LogP contribution in [0.3, 0.4) is 0 Å². The molecule has 86 valence electrons. The Bertz CT molecular complexity index is 708. The average Bonchev–Trinajstić information content (AvgIpc) is 2.63. The molecular formula is C15H14O2. The summed E-state index contributed by atoms with van der Waals surface area (Å²) in [6.45, 7) is 4.09. The van der Waals surface area contributed by atoms with Gasteiger partial charge in [-0.25, -0.2) is 0 Å². The normalized spacial score (nSPS) is 11.2. The van der Waals surface area contributed by atoms with Gasteiger partial charge in [0.15, 0.2) is 0 Å². The fourth-order valence-corrected chi connectivity index (χ4v) is 2.23. The first kappa shape index (κ1) is 10.2. The number of methoxy groups -OCH3 is 1. The van der Waals surface area contributed by atoms with Crippen LogP contribution in [-0.4, -0.2) is 7.11 Å². The Kier molecular flexibility index (Phi) is 2.11. The first-order chi connectivity index (χ1) is 8.19. The van der Waals surface area contributed by atoms with Crippen molar-refractivity contribution in [3.63, 3.8) is 0 Å². The third-order valence-corrected chi connectivity index (χ3v) is 3.14. The molecule has 3 aromatic rings. The van der Waals surface area contributed by atoms with Crippen molar-refractivity contribution < 1.29 is 9.15 Å². The molecule has 0 bridgehead atoms. The molecule has 0 radical (unpaired) electrons. The Morgan fingerprint density at radius 2 is 1.71 bits per heavy atom. The molecule has 1 heterocycles. The van der Waals surface area contributed by atoms with E-state index < -0.39 is 0 Å². The molecule has 1 aromatic heterocycles. The Labute approximate surface area is 99.8 Å². The van der Waals surface area contributed by atoms with E-state index in [1.165, 1.54) is 5.56 Å². The Morgan fingerprint density at radius 3 is 2.47 bits per heavy atom. The number of rotatable bonds is 1. The smallest absolute Gasteiger partial charge is 0.135 e. The van der Waals surface area contributed by atoms with Crippen LogP contribution in [0, 0.1) is 13.8 Å². The Balaban J connectivity index is 2.44. The van der Waals surface area contributed by atoms with E-state index >= 15 is 0 Å². The number of furan rings is 1. The predicted molar refractivity (Wildman–Crippen MR) is 69.7 cm³/mol. The molecule has 0 unspecified atom stereocenters. The van der Waals surface area contributed by atoms with E-state index in [0.717, 1.165) is 33.3 Å². The maximum absolute atomic E-state index is 5.86. The van der Waals surface area contributed by atoms with Crippen LogP contribution in [0.25, 0.3) is 21.9 Å². The molecule has 0 atom stereocenters. The minimum Gasteiger partial charge on any atom is -0.496 e. The standard InChI is InChI=1S/C15H14O2/c1-9-4-5-11-12-8-13(16-3)10(2)7-15(12)17-14(11)6-9/h4-8H,1-3H3. The van der Waals surface area contributed by atoms with Gasteiger partial charge in [-0.3, -0.25) is 0 Å². The SMILES string of the molecule is COc1cc2c(cc1C)oc1cc(C)ccc12. The van der Waals surface area contributed by atoms with Gasteiger partial charge in [-0.2, -0.15) is 0 Å². The molecule has 0 fully saturated rings. The number of ether oxygens (including phenoxy) is 1. The van der Waals surface area contributed by atoms with Gasteiger partial charge in [0.2, 0.25) is 0 Å². The fourth-order valence-electron chi connectivity index (χ4n) is 2.23. The summed E-state index contributed by atoms with van der Waals surface area (Å²) in [6, 6.07) is 10.3. The highest BCUT2D eigenvalue weighted by Crippen LogP contribution is 2.33. The maximum atomic E-state index is 5.86. The molecule has 0 N–H and O–H groups in total. The van der Waals surface area contributed by atoms with Crippen molar-refractivity contribution >= 4 is 21.9 Å². The fraction of sp³-hybridized carbons (Fsp3) is 0.200. The number of aryl methyl sites for hydroxylation is 2. The van der Waals surface area contributed by atoms with Crippen molar-refractivity contribution in [2.75, 3.05) is 7.11 Å². The lowest BCUT2D eigenvalue weighted by Gasteiger charge is -2.03. The average molecular weight is 226 g/mol. The van der Waals surface area contributed by atoms with Crippen LogP contribution in [-0.2, 0) is 0 Å². The van der Waals surface area contributed by atoms with Gasteiger partial charge >= 0.3 is 0 Å². The lowest BCUT2D eigenvalue weighted by atomic mass is 10.1. The summed E-state index contributed by atoms with van der Waals surface area (Å²) in [6.07, 6.45) is 0. The highest BCUT2D eigenvalue weighted by molar-refractivity contribution is 6.05. The molecular weight excluding hydrogens is 212 g/mol. The summed E-state index contributed by atoms with van der Waals surface area (Å²) < 4.78 is 11.2. The van der Waals surface area contributed by atoms with Crippen LogP contribution in [0.1, 0.15) is 11.1 Å². The van der Waals surface area contributed by atoms with Crippen LogP contribution in [0.2, 0.25) is 0 Å². The van der Waals surface area contributed by atoms with E-state index in [0.29, 0.717) is 0 Å². The quantitative estimate of drug-likeness (QED) is 0.620. The maximum Gasteiger partial charge on any atom is 0.135 e. The van der Waals surface area contributed by atoms with Gasteiger partial charge in [0.05, 0.1) is 7.11 Å². The number of hydrogen-bond donors (Lipinski definition) is 0. The number of hydrogen-bond acceptors (Lipinski definition) is 2. The van der Waals surface area contributed by atoms with Crippen molar-refractivity contribution in [1.29, 1.82) is 0 Å². The van der Waals surface area contributed by atoms with Crippen LogP contribution < -0.4 is 4.74 Å². The van der Waals surface area contributed by atoms with Crippen LogP contribution in [0.5, 0.6) is 5.75 Å². The molecule has 3 rings (SSSR count). The van der Waals surface area contributed by atoms with Gasteiger partial charge in [0, 0.05) is 10.8 Å². The third-order valence-electron chi connectivity index (χ3n) is 3.14. The minimum atomic E-state index is 0.903. The topological polar surface area (TPSA) is 22.4 Å². The molecule has 0 saturated carbocycles. The highest BCUT2D eigenvalue weighted by Gasteiger charge is 2.09. The predicted octanol–water partition coefficient (Wildman–Crippen LogP) is 4.21. The zero-order chi connectivity index (χ0) is 12.0. The van der Waals surface area contributed by atoms with Gasteiger partial charge < -0.3 is 9.15 Å². The summed E-state index contributed by atoms with van der Waals surface area (Å²) in [5.74, 6) is 0.903. The highest BCUT2D eigenvalue weighted by atomic mass is 16.5. The van der Waals surface area contributed by atoms with Crippen molar-refractivity contribution in [1.82, 2.24) is 0 Å². The van der Waals surface area contributed by atoms with Crippen molar-refractivity contribution in [2.24, 2.45) is 0 Å². The van der Waals surface area contributed by atoms with Crippen LogP contribution >= 0.6 is 0 Å². The van der Waals surface area contributed by atoms with Gasteiger partial charge in [-0.1, -0.05) is 12.1 Å². The van der Waals surface area contributed by atoms with E-state index in [1.807, 2.05) is 19.1 Å². The van der Waals surface area contributed by atoms with Gasteiger partial charge in [-0.15, -0.1) is 0 Å². The van der Waals surface area contributed by atoms with Gasteiger partial charge in [-0.05, 0) is 43.2 Å². The summed E-state index contributed by atoms with van der Waals surface area (Å²) >= 11 is 0. The van der Waals surface area contributed by atoms with E-state index in [4.69, 9.17) is 9.15 Å². The van der Waals surface area contributed by atoms with Gasteiger partial charge in [0.25, 0.3) is 0 Å². The zero-order valence-electron chi connectivity index (χ0n) is 10.2.